The summed E-state index contributed by atoms with van der Waals surface area (Å²) in [4.78, 5) is 4.53. The van der Waals surface area contributed by atoms with Crippen molar-refractivity contribution in [3.8, 4) is 11.3 Å². The summed E-state index contributed by atoms with van der Waals surface area (Å²) in [6, 6.07) is 6.05. The number of rotatable bonds is 1. The molecular formula is C15H15Cl2N. The van der Waals surface area contributed by atoms with Crippen molar-refractivity contribution in [2.24, 2.45) is 0 Å². The highest BCUT2D eigenvalue weighted by molar-refractivity contribution is 6.36. The van der Waals surface area contributed by atoms with Crippen molar-refractivity contribution >= 4 is 23.2 Å². The summed E-state index contributed by atoms with van der Waals surface area (Å²) < 4.78 is 0. The molecule has 0 spiro atoms. The van der Waals surface area contributed by atoms with Gasteiger partial charge in [0.1, 0.15) is 0 Å². The Hall–Kier alpha value is -1.05. The first-order valence-electron chi connectivity index (χ1n) is 5.81. The lowest BCUT2D eigenvalue weighted by atomic mass is 9.97. The van der Waals surface area contributed by atoms with E-state index in [0.717, 1.165) is 17.0 Å². The van der Waals surface area contributed by atoms with Crippen LogP contribution in [0.3, 0.4) is 0 Å². The minimum absolute atomic E-state index is 0.598. The number of hydrogen-bond donors (Lipinski definition) is 0. The lowest BCUT2D eigenvalue weighted by Gasteiger charge is -2.13. The quantitative estimate of drug-likeness (QED) is 0.691. The van der Waals surface area contributed by atoms with E-state index in [2.05, 4.69) is 37.9 Å². The maximum Gasteiger partial charge on any atom is 0.0897 e. The first-order chi connectivity index (χ1) is 8.40. The highest BCUT2D eigenvalue weighted by Gasteiger charge is 2.13. The smallest absolute Gasteiger partial charge is 0.0897 e. The standard InChI is InChI=1S/C15H15Cl2N/c1-8-5-9(2)14(10(3)6-8)15-13(17)7-12(16)11(4)18-15/h5-7H,1-4H3. The van der Waals surface area contributed by atoms with Crippen molar-refractivity contribution in [1.29, 1.82) is 0 Å². The van der Waals surface area contributed by atoms with Gasteiger partial charge in [-0.25, -0.2) is 4.98 Å². The molecule has 0 unspecified atom stereocenters. The Balaban J connectivity index is 2.73. The monoisotopic (exact) mass is 279 g/mol. The van der Waals surface area contributed by atoms with E-state index in [1.165, 1.54) is 16.7 Å². The van der Waals surface area contributed by atoms with Gasteiger partial charge in [-0.3, -0.25) is 0 Å². The fourth-order valence-corrected chi connectivity index (χ4v) is 2.74. The third-order valence-corrected chi connectivity index (χ3v) is 3.69. The number of nitrogens with zero attached hydrogens (tertiary/aromatic N) is 1. The number of hydrogen-bond acceptors (Lipinski definition) is 1. The molecule has 0 radical (unpaired) electrons. The van der Waals surface area contributed by atoms with Gasteiger partial charge >= 0.3 is 0 Å². The van der Waals surface area contributed by atoms with Crippen LogP contribution in [-0.2, 0) is 0 Å². The van der Waals surface area contributed by atoms with Crippen molar-refractivity contribution in [3.05, 3.63) is 50.6 Å². The van der Waals surface area contributed by atoms with E-state index in [1.807, 2.05) is 6.92 Å². The molecule has 18 heavy (non-hydrogen) atoms. The van der Waals surface area contributed by atoms with Gasteiger partial charge in [-0.2, -0.15) is 0 Å². The number of benzene rings is 1. The fourth-order valence-electron chi connectivity index (χ4n) is 2.29. The molecule has 1 aromatic carbocycles. The number of aromatic nitrogens is 1. The Morgan fingerprint density at radius 1 is 0.833 bits per heavy atom. The van der Waals surface area contributed by atoms with E-state index in [9.17, 15) is 0 Å². The maximum absolute atomic E-state index is 6.27. The molecule has 2 rings (SSSR count). The molecule has 0 aliphatic heterocycles. The second-order valence-electron chi connectivity index (χ2n) is 4.66. The summed E-state index contributed by atoms with van der Waals surface area (Å²) in [6.07, 6.45) is 0. The van der Waals surface area contributed by atoms with Gasteiger partial charge in [-0.1, -0.05) is 40.9 Å². The largest absolute Gasteiger partial charge is 0.250 e. The van der Waals surface area contributed by atoms with Crippen LogP contribution in [0, 0.1) is 27.7 Å². The molecule has 1 aromatic heterocycles. The molecule has 2 aromatic rings. The molecule has 1 heterocycles. The lowest BCUT2D eigenvalue weighted by molar-refractivity contribution is 1.19. The van der Waals surface area contributed by atoms with Crippen molar-refractivity contribution in [2.75, 3.05) is 0 Å². The first kappa shape index (κ1) is 13.4. The zero-order chi connectivity index (χ0) is 13.4. The van der Waals surface area contributed by atoms with Gasteiger partial charge in [-0.05, 0) is 44.9 Å². The molecule has 94 valence electrons. The summed E-state index contributed by atoms with van der Waals surface area (Å²) in [5, 5.41) is 1.20. The summed E-state index contributed by atoms with van der Waals surface area (Å²) in [6.45, 7) is 8.14. The molecule has 0 N–H and O–H groups in total. The van der Waals surface area contributed by atoms with Crippen molar-refractivity contribution in [2.45, 2.75) is 27.7 Å². The predicted molar refractivity (Wildman–Crippen MR) is 78.6 cm³/mol. The highest BCUT2D eigenvalue weighted by atomic mass is 35.5. The average molecular weight is 280 g/mol. The van der Waals surface area contributed by atoms with Crippen LogP contribution < -0.4 is 0 Å². The summed E-state index contributed by atoms with van der Waals surface area (Å²) >= 11 is 12.3. The van der Waals surface area contributed by atoms with Gasteiger partial charge in [0.25, 0.3) is 0 Å². The third-order valence-electron chi connectivity index (χ3n) is 3.02. The van der Waals surface area contributed by atoms with E-state index in [4.69, 9.17) is 23.2 Å². The van der Waals surface area contributed by atoms with Gasteiger partial charge in [0.2, 0.25) is 0 Å². The summed E-state index contributed by atoms with van der Waals surface area (Å²) in [5.41, 5.74) is 6.33. The van der Waals surface area contributed by atoms with Crippen LogP contribution in [0.2, 0.25) is 10.0 Å². The first-order valence-corrected chi connectivity index (χ1v) is 6.56. The van der Waals surface area contributed by atoms with Crippen LogP contribution in [0.1, 0.15) is 22.4 Å². The Kier molecular flexibility index (Phi) is 3.65. The maximum atomic E-state index is 6.27. The lowest BCUT2D eigenvalue weighted by Crippen LogP contribution is -1.95. The molecule has 0 aliphatic rings. The Morgan fingerprint density at radius 2 is 1.39 bits per heavy atom. The van der Waals surface area contributed by atoms with Crippen LogP contribution in [0.15, 0.2) is 18.2 Å². The van der Waals surface area contributed by atoms with Crippen molar-refractivity contribution < 1.29 is 0 Å². The summed E-state index contributed by atoms with van der Waals surface area (Å²) in [5.74, 6) is 0. The average Bonchev–Trinajstić information content (AvgIpc) is 2.24. The highest BCUT2D eigenvalue weighted by Crippen LogP contribution is 2.34. The van der Waals surface area contributed by atoms with Gasteiger partial charge < -0.3 is 0 Å². The van der Waals surface area contributed by atoms with Gasteiger partial charge in [-0.15, -0.1) is 0 Å². The van der Waals surface area contributed by atoms with Gasteiger partial charge in [0.15, 0.2) is 0 Å². The van der Waals surface area contributed by atoms with Crippen LogP contribution in [0.5, 0.6) is 0 Å². The number of pyridine rings is 1. The summed E-state index contributed by atoms with van der Waals surface area (Å²) in [7, 11) is 0. The molecule has 0 amide bonds. The molecule has 0 atom stereocenters. The van der Waals surface area contributed by atoms with E-state index < -0.39 is 0 Å². The number of halogens is 2. The van der Waals surface area contributed by atoms with E-state index >= 15 is 0 Å². The Labute approximate surface area is 118 Å². The van der Waals surface area contributed by atoms with Crippen molar-refractivity contribution in [3.63, 3.8) is 0 Å². The van der Waals surface area contributed by atoms with Gasteiger partial charge in [0.05, 0.1) is 21.4 Å². The number of aryl methyl sites for hydroxylation is 4. The molecule has 0 saturated heterocycles. The topological polar surface area (TPSA) is 12.9 Å². The van der Waals surface area contributed by atoms with E-state index in [-0.39, 0.29) is 0 Å². The Bertz CT molecular complexity index is 595. The second kappa shape index (κ2) is 4.91. The molecule has 3 heteroatoms. The minimum Gasteiger partial charge on any atom is -0.250 e. The van der Waals surface area contributed by atoms with Crippen LogP contribution in [0.4, 0.5) is 0 Å². The van der Waals surface area contributed by atoms with Crippen LogP contribution in [-0.4, -0.2) is 4.98 Å². The normalized spacial score (nSPS) is 10.8. The minimum atomic E-state index is 0.598. The van der Waals surface area contributed by atoms with Crippen LogP contribution >= 0.6 is 23.2 Å². The molecule has 0 fully saturated rings. The second-order valence-corrected chi connectivity index (χ2v) is 5.47. The molecule has 0 aliphatic carbocycles. The molecular weight excluding hydrogens is 265 g/mol. The molecule has 0 saturated carbocycles. The van der Waals surface area contributed by atoms with Gasteiger partial charge in [0, 0.05) is 5.56 Å². The zero-order valence-electron chi connectivity index (χ0n) is 10.9. The third kappa shape index (κ3) is 2.38. The Morgan fingerprint density at radius 3 is 1.94 bits per heavy atom. The van der Waals surface area contributed by atoms with Crippen molar-refractivity contribution in [1.82, 2.24) is 4.98 Å². The molecule has 1 nitrogen and oxygen atoms in total. The van der Waals surface area contributed by atoms with Crippen LogP contribution in [0.25, 0.3) is 11.3 Å². The fraction of sp³-hybridized carbons (Fsp3) is 0.267. The van der Waals surface area contributed by atoms with E-state index in [1.54, 1.807) is 6.07 Å². The SMILES string of the molecule is Cc1cc(C)c(-c2nc(C)c(Cl)cc2Cl)c(C)c1. The predicted octanol–water partition coefficient (Wildman–Crippen LogP) is 5.29. The molecule has 0 bridgehead atoms. The zero-order valence-corrected chi connectivity index (χ0v) is 12.4. The van der Waals surface area contributed by atoms with E-state index in [0.29, 0.717) is 10.0 Å².